The van der Waals surface area contributed by atoms with E-state index >= 15 is 0 Å². The van der Waals surface area contributed by atoms with Gasteiger partial charge in [-0.2, -0.15) is 0 Å². The maximum Gasteiger partial charge on any atom is 0.127 e. The Labute approximate surface area is 127 Å². The topological polar surface area (TPSA) is 18.5 Å². The molecule has 0 unspecified atom stereocenters. The van der Waals surface area contributed by atoms with E-state index in [0.717, 1.165) is 35.7 Å². The summed E-state index contributed by atoms with van der Waals surface area (Å²) in [4.78, 5) is 0. The van der Waals surface area contributed by atoms with Crippen molar-refractivity contribution in [2.45, 2.75) is 32.6 Å². The maximum absolute atomic E-state index is 5.98. The van der Waals surface area contributed by atoms with Gasteiger partial charge < -0.3 is 9.47 Å². The minimum absolute atomic E-state index is 0.770. The Hall–Kier alpha value is -1.96. The lowest BCUT2D eigenvalue weighted by molar-refractivity contribution is 0.306. The van der Waals surface area contributed by atoms with Gasteiger partial charge in [0.25, 0.3) is 0 Å². The Kier molecular flexibility index (Phi) is 6.14. The van der Waals surface area contributed by atoms with Crippen LogP contribution in [-0.2, 0) is 0 Å². The third-order valence-electron chi connectivity index (χ3n) is 3.54. The monoisotopic (exact) mass is 284 g/mol. The Morgan fingerprint density at radius 1 is 0.762 bits per heavy atom. The van der Waals surface area contributed by atoms with Crippen molar-refractivity contribution >= 4 is 0 Å². The van der Waals surface area contributed by atoms with Gasteiger partial charge in [-0.3, -0.25) is 0 Å². The first-order valence-corrected chi connectivity index (χ1v) is 7.72. The molecule has 21 heavy (non-hydrogen) atoms. The summed E-state index contributed by atoms with van der Waals surface area (Å²) >= 11 is 0. The fourth-order valence-electron chi connectivity index (χ4n) is 2.39. The summed E-state index contributed by atoms with van der Waals surface area (Å²) in [6, 6.07) is 16.2. The van der Waals surface area contributed by atoms with Crippen LogP contribution < -0.4 is 9.47 Å². The van der Waals surface area contributed by atoms with E-state index in [-0.39, 0.29) is 0 Å². The summed E-state index contributed by atoms with van der Waals surface area (Å²) in [6.45, 7) is 2.99. The Morgan fingerprint density at radius 3 is 2.05 bits per heavy atom. The second-order valence-electron chi connectivity index (χ2n) is 5.11. The molecule has 0 heterocycles. The van der Waals surface area contributed by atoms with Crippen LogP contribution in [0.1, 0.15) is 32.6 Å². The van der Waals surface area contributed by atoms with Crippen LogP contribution in [0.25, 0.3) is 11.1 Å². The average Bonchev–Trinajstić information content (AvgIpc) is 2.55. The molecule has 0 spiro atoms. The molecule has 0 aliphatic carbocycles. The quantitative estimate of drug-likeness (QED) is 0.611. The van der Waals surface area contributed by atoms with Crippen molar-refractivity contribution in [3.63, 3.8) is 0 Å². The lowest BCUT2D eigenvalue weighted by Gasteiger charge is -2.14. The highest BCUT2D eigenvalue weighted by Gasteiger charge is 2.10. The smallest absolute Gasteiger partial charge is 0.127 e. The molecular formula is C19H24O2. The molecule has 0 fully saturated rings. The fourth-order valence-corrected chi connectivity index (χ4v) is 2.39. The number of benzene rings is 2. The summed E-state index contributed by atoms with van der Waals surface area (Å²) in [6.07, 6.45) is 4.86. The molecule has 0 saturated heterocycles. The molecule has 2 aromatic rings. The summed E-state index contributed by atoms with van der Waals surface area (Å²) < 4.78 is 11.4. The van der Waals surface area contributed by atoms with E-state index in [1.54, 1.807) is 7.11 Å². The molecule has 2 rings (SSSR count). The van der Waals surface area contributed by atoms with Crippen LogP contribution in [0.2, 0.25) is 0 Å². The highest BCUT2D eigenvalue weighted by molar-refractivity contribution is 5.75. The molecule has 0 aliphatic rings. The van der Waals surface area contributed by atoms with Crippen LogP contribution in [0, 0.1) is 0 Å². The highest BCUT2D eigenvalue weighted by atomic mass is 16.5. The zero-order valence-corrected chi connectivity index (χ0v) is 13.0. The number of hydrogen-bond acceptors (Lipinski definition) is 2. The van der Waals surface area contributed by atoms with Gasteiger partial charge in [-0.05, 0) is 18.6 Å². The molecule has 0 aromatic heterocycles. The van der Waals surface area contributed by atoms with E-state index in [9.17, 15) is 0 Å². The second-order valence-corrected chi connectivity index (χ2v) is 5.11. The van der Waals surface area contributed by atoms with Crippen LogP contribution in [-0.4, -0.2) is 13.7 Å². The summed E-state index contributed by atoms with van der Waals surface area (Å²) in [5.41, 5.74) is 2.16. The first-order valence-electron chi connectivity index (χ1n) is 7.72. The molecule has 112 valence electrons. The molecule has 0 atom stereocenters. The van der Waals surface area contributed by atoms with Gasteiger partial charge in [-0.15, -0.1) is 0 Å². The van der Waals surface area contributed by atoms with Crippen molar-refractivity contribution in [1.29, 1.82) is 0 Å². The van der Waals surface area contributed by atoms with Crippen LogP contribution in [0.4, 0.5) is 0 Å². The van der Waals surface area contributed by atoms with Crippen molar-refractivity contribution in [1.82, 2.24) is 0 Å². The van der Waals surface area contributed by atoms with Crippen molar-refractivity contribution in [3.8, 4) is 22.6 Å². The first-order chi connectivity index (χ1) is 10.4. The molecule has 0 bridgehead atoms. The molecule has 2 nitrogen and oxygen atoms in total. The fraction of sp³-hybridized carbons (Fsp3) is 0.368. The number of para-hydroxylation sites is 2. The van der Waals surface area contributed by atoms with E-state index < -0.39 is 0 Å². The Balaban J connectivity index is 2.13. The standard InChI is InChI=1S/C19H24O2/c1-3-4-5-10-15-21-19-14-9-7-12-17(19)16-11-6-8-13-18(16)20-2/h6-9,11-14H,3-5,10,15H2,1-2H3. The minimum atomic E-state index is 0.770. The summed E-state index contributed by atoms with van der Waals surface area (Å²) in [7, 11) is 1.70. The third-order valence-corrected chi connectivity index (χ3v) is 3.54. The molecule has 0 N–H and O–H groups in total. The van der Waals surface area contributed by atoms with Crippen molar-refractivity contribution in [3.05, 3.63) is 48.5 Å². The first kappa shape index (κ1) is 15.4. The predicted octanol–water partition coefficient (Wildman–Crippen LogP) is 5.32. The third kappa shape index (κ3) is 4.25. The van der Waals surface area contributed by atoms with E-state index in [4.69, 9.17) is 9.47 Å². The van der Waals surface area contributed by atoms with Crippen LogP contribution in [0.5, 0.6) is 11.5 Å². The van der Waals surface area contributed by atoms with Crippen molar-refractivity contribution in [2.75, 3.05) is 13.7 Å². The Bertz CT molecular complexity index is 549. The molecule has 0 saturated carbocycles. The largest absolute Gasteiger partial charge is 0.496 e. The SMILES string of the molecule is CCCCCCOc1ccccc1-c1ccccc1OC. The zero-order valence-electron chi connectivity index (χ0n) is 13.0. The maximum atomic E-state index is 5.98. The highest BCUT2D eigenvalue weighted by Crippen LogP contribution is 2.36. The summed E-state index contributed by atoms with van der Waals surface area (Å²) in [5, 5.41) is 0. The lowest BCUT2D eigenvalue weighted by Crippen LogP contribution is -1.99. The number of rotatable bonds is 8. The molecule has 0 amide bonds. The van der Waals surface area contributed by atoms with Gasteiger partial charge in [-0.1, -0.05) is 62.6 Å². The van der Waals surface area contributed by atoms with Gasteiger partial charge in [0.1, 0.15) is 11.5 Å². The zero-order chi connectivity index (χ0) is 14.9. The molecule has 0 radical (unpaired) electrons. The van der Waals surface area contributed by atoms with Crippen molar-refractivity contribution in [2.24, 2.45) is 0 Å². The van der Waals surface area contributed by atoms with Gasteiger partial charge in [0.2, 0.25) is 0 Å². The van der Waals surface area contributed by atoms with E-state index in [1.165, 1.54) is 19.3 Å². The number of hydrogen-bond donors (Lipinski definition) is 0. The van der Waals surface area contributed by atoms with Crippen LogP contribution in [0.3, 0.4) is 0 Å². The minimum Gasteiger partial charge on any atom is -0.496 e. The average molecular weight is 284 g/mol. The number of unbranched alkanes of at least 4 members (excludes halogenated alkanes) is 3. The van der Waals surface area contributed by atoms with Gasteiger partial charge >= 0.3 is 0 Å². The van der Waals surface area contributed by atoms with Gasteiger partial charge in [0.05, 0.1) is 13.7 Å². The van der Waals surface area contributed by atoms with Gasteiger partial charge in [-0.25, -0.2) is 0 Å². The molecular weight excluding hydrogens is 260 g/mol. The van der Waals surface area contributed by atoms with Gasteiger partial charge in [0, 0.05) is 11.1 Å². The lowest BCUT2D eigenvalue weighted by atomic mass is 10.0. The Morgan fingerprint density at radius 2 is 1.38 bits per heavy atom. The van der Waals surface area contributed by atoms with Crippen LogP contribution in [0.15, 0.2) is 48.5 Å². The van der Waals surface area contributed by atoms with E-state index in [0.29, 0.717) is 0 Å². The normalized spacial score (nSPS) is 10.4. The number of methoxy groups -OCH3 is 1. The van der Waals surface area contributed by atoms with Crippen LogP contribution >= 0.6 is 0 Å². The van der Waals surface area contributed by atoms with E-state index in [2.05, 4.69) is 19.1 Å². The van der Waals surface area contributed by atoms with E-state index in [1.807, 2.05) is 36.4 Å². The predicted molar refractivity (Wildman–Crippen MR) is 88.1 cm³/mol. The molecule has 2 aromatic carbocycles. The molecule has 0 aliphatic heterocycles. The summed E-state index contributed by atoms with van der Waals surface area (Å²) in [5.74, 6) is 1.80. The van der Waals surface area contributed by atoms with Gasteiger partial charge in [0.15, 0.2) is 0 Å². The number of ether oxygens (including phenoxy) is 2. The molecule has 2 heteroatoms. The second kappa shape index (κ2) is 8.35. The van der Waals surface area contributed by atoms with Crippen molar-refractivity contribution < 1.29 is 9.47 Å².